The number of halogens is 4. The van der Waals surface area contributed by atoms with Gasteiger partial charge in [0.15, 0.2) is 6.10 Å². The maximum atomic E-state index is 13.3. The fourth-order valence-electron chi connectivity index (χ4n) is 2.53. The average Bonchev–Trinajstić information content (AvgIpc) is 2.71. The summed E-state index contributed by atoms with van der Waals surface area (Å²) in [7, 11) is -4.55. The molecular formula is C20H18ClF3N2O5S. The minimum absolute atomic E-state index is 0.260. The lowest BCUT2D eigenvalue weighted by atomic mass is 10.2. The highest BCUT2D eigenvalue weighted by Crippen LogP contribution is 2.34. The van der Waals surface area contributed by atoms with Gasteiger partial charge in [0.1, 0.15) is 4.90 Å². The summed E-state index contributed by atoms with van der Waals surface area (Å²) in [6.45, 7) is 4.29. The zero-order valence-electron chi connectivity index (χ0n) is 16.6. The molecule has 7 nitrogen and oxygen atoms in total. The van der Waals surface area contributed by atoms with Crippen LogP contribution in [-0.4, -0.2) is 32.9 Å². The number of anilines is 1. The molecule has 0 aliphatic rings. The van der Waals surface area contributed by atoms with Crippen molar-refractivity contribution in [3.05, 3.63) is 71.3 Å². The van der Waals surface area contributed by atoms with Crippen molar-refractivity contribution in [2.24, 2.45) is 5.73 Å². The maximum absolute atomic E-state index is 13.3. The van der Waals surface area contributed by atoms with E-state index in [1.54, 1.807) is 0 Å². The molecule has 32 heavy (non-hydrogen) atoms. The van der Waals surface area contributed by atoms with E-state index in [1.807, 2.05) is 0 Å². The van der Waals surface area contributed by atoms with Gasteiger partial charge in [-0.3, -0.25) is 9.10 Å². The molecule has 0 unspecified atom stereocenters. The second-order valence-corrected chi connectivity index (χ2v) is 8.71. The average molecular weight is 491 g/mol. The first-order valence-corrected chi connectivity index (χ1v) is 10.7. The summed E-state index contributed by atoms with van der Waals surface area (Å²) in [6, 6.07) is 6.88. The maximum Gasteiger partial charge on any atom is 0.416 e. The summed E-state index contributed by atoms with van der Waals surface area (Å²) in [5.41, 5.74) is 3.44. The topological polar surface area (TPSA) is 107 Å². The summed E-state index contributed by atoms with van der Waals surface area (Å²) < 4.78 is 71.4. The van der Waals surface area contributed by atoms with Gasteiger partial charge in [0, 0.05) is 0 Å². The van der Waals surface area contributed by atoms with Crippen LogP contribution in [-0.2, 0) is 25.7 Å². The SMILES string of the molecule is C=CCN(c1cccc(C(F)(F)F)c1)S(=O)(=O)c1cc(C(=O)O[C@@H](C)C(N)=O)ccc1Cl. The predicted molar refractivity (Wildman–Crippen MR) is 112 cm³/mol. The Balaban J connectivity index is 2.55. The number of hydrogen-bond donors (Lipinski definition) is 1. The van der Waals surface area contributed by atoms with Crippen molar-refractivity contribution in [2.45, 2.75) is 24.1 Å². The van der Waals surface area contributed by atoms with E-state index < -0.39 is 44.6 Å². The highest BCUT2D eigenvalue weighted by atomic mass is 35.5. The molecule has 0 spiro atoms. The van der Waals surface area contributed by atoms with Gasteiger partial charge in [-0.25, -0.2) is 13.2 Å². The van der Waals surface area contributed by atoms with Crippen LogP contribution in [0.2, 0.25) is 5.02 Å². The fourth-order valence-corrected chi connectivity index (χ4v) is 4.46. The van der Waals surface area contributed by atoms with Crippen molar-refractivity contribution in [1.29, 1.82) is 0 Å². The first kappa shape index (κ1) is 25.2. The van der Waals surface area contributed by atoms with E-state index in [9.17, 15) is 31.2 Å². The third kappa shape index (κ3) is 5.60. The molecule has 2 aromatic carbocycles. The number of alkyl halides is 3. The smallest absolute Gasteiger partial charge is 0.416 e. The molecule has 2 N–H and O–H groups in total. The number of sulfonamides is 1. The van der Waals surface area contributed by atoms with E-state index in [0.29, 0.717) is 10.4 Å². The number of esters is 1. The summed E-state index contributed by atoms with van der Waals surface area (Å²) in [4.78, 5) is 22.8. The van der Waals surface area contributed by atoms with Crippen LogP contribution in [0.3, 0.4) is 0 Å². The van der Waals surface area contributed by atoms with Crippen LogP contribution in [0.5, 0.6) is 0 Å². The Morgan fingerprint density at radius 3 is 2.47 bits per heavy atom. The monoisotopic (exact) mass is 490 g/mol. The molecule has 0 aromatic heterocycles. The summed E-state index contributed by atoms with van der Waals surface area (Å²) in [6.07, 6.45) is -4.79. The second-order valence-electron chi connectivity index (χ2n) is 6.47. The molecular weight excluding hydrogens is 473 g/mol. The molecule has 0 bridgehead atoms. The third-order valence-electron chi connectivity index (χ3n) is 4.18. The van der Waals surface area contributed by atoms with Crippen LogP contribution in [0.25, 0.3) is 0 Å². The molecule has 2 rings (SSSR count). The third-order valence-corrected chi connectivity index (χ3v) is 6.45. The van der Waals surface area contributed by atoms with Gasteiger partial charge in [0.05, 0.1) is 28.4 Å². The Kier molecular flexibility index (Phi) is 7.58. The standard InChI is InChI=1S/C20H18ClF3N2O5S/c1-3-9-26(15-6-4-5-14(11-15)20(22,23)24)32(29,30)17-10-13(7-8-16(17)21)19(28)31-12(2)18(25)27/h3-8,10-12H,1,9H2,2H3,(H2,25,27)/t12-/m0/s1. The summed E-state index contributed by atoms with van der Waals surface area (Å²) >= 11 is 6.04. The van der Waals surface area contributed by atoms with Crippen LogP contribution < -0.4 is 10.0 Å². The van der Waals surface area contributed by atoms with Gasteiger partial charge in [0.25, 0.3) is 15.9 Å². The molecule has 0 saturated carbocycles. The Morgan fingerprint density at radius 2 is 1.91 bits per heavy atom. The van der Waals surface area contributed by atoms with E-state index in [0.717, 1.165) is 24.3 Å². The van der Waals surface area contributed by atoms with Crippen molar-refractivity contribution in [2.75, 3.05) is 10.8 Å². The molecule has 0 aliphatic carbocycles. The minimum atomic E-state index is -4.70. The zero-order chi connectivity index (χ0) is 24.3. The molecule has 0 aliphatic heterocycles. The number of rotatable bonds is 8. The van der Waals surface area contributed by atoms with E-state index in [2.05, 4.69) is 6.58 Å². The molecule has 0 saturated heterocycles. The van der Waals surface area contributed by atoms with Crippen LogP contribution in [0.15, 0.2) is 60.0 Å². The van der Waals surface area contributed by atoms with Crippen LogP contribution in [0, 0.1) is 0 Å². The van der Waals surface area contributed by atoms with Crippen LogP contribution in [0.1, 0.15) is 22.8 Å². The second kappa shape index (κ2) is 9.61. The van der Waals surface area contributed by atoms with E-state index in [1.165, 1.54) is 25.1 Å². The molecule has 172 valence electrons. The van der Waals surface area contributed by atoms with Gasteiger partial charge >= 0.3 is 12.1 Å². The molecule has 1 atom stereocenters. The number of benzene rings is 2. The number of primary amides is 1. The van der Waals surface area contributed by atoms with Crippen molar-refractivity contribution in [3.63, 3.8) is 0 Å². The van der Waals surface area contributed by atoms with Gasteiger partial charge in [-0.1, -0.05) is 23.7 Å². The van der Waals surface area contributed by atoms with Gasteiger partial charge in [-0.15, -0.1) is 6.58 Å². The first-order chi connectivity index (χ1) is 14.8. The minimum Gasteiger partial charge on any atom is -0.449 e. The summed E-state index contributed by atoms with van der Waals surface area (Å²) in [5, 5.41) is -0.287. The quantitative estimate of drug-likeness (QED) is 0.448. The van der Waals surface area contributed by atoms with E-state index >= 15 is 0 Å². The summed E-state index contributed by atoms with van der Waals surface area (Å²) in [5.74, 6) is -1.96. The number of nitrogens with zero attached hydrogens (tertiary/aromatic N) is 1. The lowest BCUT2D eigenvalue weighted by Crippen LogP contribution is -2.32. The first-order valence-electron chi connectivity index (χ1n) is 8.89. The van der Waals surface area contributed by atoms with Crippen molar-refractivity contribution < 1.29 is 35.9 Å². The van der Waals surface area contributed by atoms with Crippen molar-refractivity contribution >= 4 is 39.2 Å². The van der Waals surface area contributed by atoms with Crippen molar-refractivity contribution in [1.82, 2.24) is 0 Å². The van der Waals surface area contributed by atoms with Crippen molar-refractivity contribution in [3.8, 4) is 0 Å². The van der Waals surface area contributed by atoms with E-state index in [4.69, 9.17) is 22.1 Å². The number of ether oxygens (including phenoxy) is 1. The van der Waals surface area contributed by atoms with Gasteiger partial charge in [0.2, 0.25) is 0 Å². The van der Waals surface area contributed by atoms with Crippen LogP contribution >= 0.6 is 11.6 Å². The van der Waals surface area contributed by atoms with Gasteiger partial charge in [-0.05, 0) is 43.3 Å². The number of nitrogens with two attached hydrogens (primary N) is 1. The van der Waals surface area contributed by atoms with Gasteiger partial charge in [-0.2, -0.15) is 13.2 Å². The Morgan fingerprint density at radius 1 is 1.25 bits per heavy atom. The molecule has 0 heterocycles. The molecule has 0 fully saturated rings. The highest BCUT2D eigenvalue weighted by Gasteiger charge is 2.33. The van der Waals surface area contributed by atoms with Crippen LogP contribution in [0.4, 0.5) is 18.9 Å². The Bertz CT molecular complexity index is 1150. The number of carbonyl (C=O) groups excluding carboxylic acids is 2. The lowest BCUT2D eigenvalue weighted by Gasteiger charge is -2.24. The zero-order valence-corrected chi connectivity index (χ0v) is 18.2. The normalized spacial score (nSPS) is 12.7. The van der Waals surface area contributed by atoms with Gasteiger partial charge < -0.3 is 10.5 Å². The Labute approximate surface area is 187 Å². The number of hydrogen-bond acceptors (Lipinski definition) is 5. The predicted octanol–water partition coefficient (Wildman–Crippen LogP) is 3.77. The lowest BCUT2D eigenvalue weighted by molar-refractivity contribution is -0.137. The molecule has 1 amide bonds. The van der Waals surface area contributed by atoms with E-state index in [-0.39, 0.29) is 22.8 Å². The fraction of sp³-hybridized carbons (Fsp3) is 0.200. The molecule has 12 heteroatoms. The molecule has 2 aromatic rings. The number of amides is 1. The largest absolute Gasteiger partial charge is 0.449 e. The Hall–Kier alpha value is -3.05. The number of carbonyl (C=O) groups is 2. The highest BCUT2D eigenvalue weighted by molar-refractivity contribution is 7.93. The molecule has 0 radical (unpaired) electrons.